The molecule has 0 amide bonds. The van der Waals surface area contributed by atoms with Crippen LogP contribution in [-0.4, -0.2) is 23.2 Å². The van der Waals surface area contributed by atoms with Gasteiger partial charge in [-0.25, -0.2) is 4.98 Å². The molecule has 1 aromatic carbocycles. The zero-order valence-electron chi connectivity index (χ0n) is 9.89. The quantitative estimate of drug-likeness (QED) is 0.831. The smallest absolute Gasteiger partial charge is 0.222 e. The molecule has 1 aliphatic rings. The Morgan fingerprint density at radius 2 is 1.79 bits per heavy atom. The van der Waals surface area contributed by atoms with Gasteiger partial charge in [0.1, 0.15) is 19.0 Å². The molecule has 3 rings (SSSR count). The van der Waals surface area contributed by atoms with E-state index < -0.39 is 0 Å². The van der Waals surface area contributed by atoms with Gasteiger partial charge >= 0.3 is 0 Å². The minimum atomic E-state index is 0.130. The second-order valence-electron chi connectivity index (χ2n) is 3.99. The van der Waals surface area contributed by atoms with Gasteiger partial charge in [0, 0.05) is 5.56 Å². The summed E-state index contributed by atoms with van der Waals surface area (Å²) >= 11 is 3.37. The minimum absolute atomic E-state index is 0.130. The lowest BCUT2D eigenvalue weighted by Gasteiger charge is -2.19. The van der Waals surface area contributed by atoms with Crippen LogP contribution in [-0.2, 0) is 0 Å². The molecule has 0 aliphatic carbocycles. The third-order valence-corrected chi connectivity index (χ3v) is 3.49. The third kappa shape index (κ3) is 2.17. The number of hydrogen-bond acceptors (Lipinski definition) is 6. The van der Waals surface area contributed by atoms with Crippen LogP contribution in [0.1, 0.15) is 0 Å². The Morgan fingerprint density at radius 1 is 1.05 bits per heavy atom. The van der Waals surface area contributed by atoms with Gasteiger partial charge in [-0.2, -0.15) is 4.98 Å². The monoisotopic (exact) mass is 322 g/mol. The fourth-order valence-electron chi connectivity index (χ4n) is 1.86. The van der Waals surface area contributed by atoms with E-state index in [1.807, 2.05) is 18.2 Å². The standard InChI is InChI=1S/C12H11BrN4O2/c13-9-10(16-12(15)17-11(9)14)6-1-2-7-8(5-6)19-4-3-18-7/h1-2,5H,3-4H2,(H4,14,15,16,17). The van der Waals surface area contributed by atoms with Crippen molar-refractivity contribution < 1.29 is 9.47 Å². The highest BCUT2D eigenvalue weighted by molar-refractivity contribution is 9.10. The number of rotatable bonds is 1. The lowest BCUT2D eigenvalue weighted by molar-refractivity contribution is 0.171. The highest BCUT2D eigenvalue weighted by Gasteiger charge is 2.16. The first-order chi connectivity index (χ1) is 9.15. The molecule has 2 heterocycles. The fraction of sp³-hybridized carbons (Fsp3) is 0.167. The second kappa shape index (κ2) is 4.58. The van der Waals surface area contributed by atoms with Gasteiger partial charge < -0.3 is 20.9 Å². The Balaban J connectivity index is 2.12. The fourth-order valence-corrected chi connectivity index (χ4v) is 2.27. The van der Waals surface area contributed by atoms with Crippen LogP contribution in [0.25, 0.3) is 11.3 Å². The van der Waals surface area contributed by atoms with Crippen molar-refractivity contribution in [2.45, 2.75) is 0 Å². The van der Waals surface area contributed by atoms with Gasteiger partial charge in [-0.1, -0.05) is 0 Å². The van der Waals surface area contributed by atoms with E-state index in [0.717, 1.165) is 11.3 Å². The summed E-state index contributed by atoms with van der Waals surface area (Å²) in [5.74, 6) is 1.84. The second-order valence-corrected chi connectivity index (χ2v) is 4.78. The SMILES string of the molecule is Nc1nc(N)c(Br)c(-c2ccc3c(c2)OCCO3)n1. The summed E-state index contributed by atoms with van der Waals surface area (Å²) in [5, 5.41) is 0. The highest BCUT2D eigenvalue weighted by Crippen LogP contribution is 2.37. The first-order valence-electron chi connectivity index (χ1n) is 5.63. The van der Waals surface area contributed by atoms with Gasteiger partial charge in [0.15, 0.2) is 11.5 Å². The number of hydrogen-bond donors (Lipinski definition) is 2. The van der Waals surface area contributed by atoms with E-state index in [1.165, 1.54) is 0 Å². The molecule has 0 saturated carbocycles. The number of nitrogens with zero attached hydrogens (tertiary/aromatic N) is 2. The average molecular weight is 323 g/mol. The van der Waals surface area contributed by atoms with E-state index in [1.54, 1.807) is 0 Å². The van der Waals surface area contributed by atoms with E-state index in [9.17, 15) is 0 Å². The van der Waals surface area contributed by atoms with Gasteiger partial charge in [-0.3, -0.25) is 0 Å². The summed E-state index contributed by atoms with van der Waals surface area (Å²) in [5.41, 5.74) is 12.8. The summed E-state index contributed by atoms with van der Waals surface area (Å²) in [6.45, 7) is 1.09. The summed E-state index contributed by atoms with van der Waals surface area (Å²) < 4.78 is 11.6. The van der Waals surface area contributed by atoms with Gasteiger partial charge in [0.05, 0.1) is 10.2 Å². The average Bonchev–Trinajstić information content (AvgIpc) is 2.42. The molecule has 98 valence electrons. The molecule has 0 fully saturated rings. The van der Waals surface area contributed by atoms with Gasteiger partial charge in [-0.05, 0) is 34.1 Å². The molecule has 0 saturated heterocycles. The molecular weight excluding hydrogens is 312 g/mol. The molecule has 0 radical (unpaired) electrons. The van der Waals surface area contributed by atoms with Crippen LogP contribution in [0.4, 0.5) is 11.8 Å². The molecule has 19 heavy (non-hydrogen) atoms. The van der Waals surface area contributed by atoms with E-state index in [2.05, 4.69) is 25.9 Å². The predicted molar refractivity (Wildman–Crippen MR) is 75.0 cm³/mol. The van der Waals surface area contributed by atoms with E-state index in [-0.39, 0.29) is 5.95 Å². The van der Waals surface area contributed by atoms with Gasteiger partial charge in [0.25, 0.3) is 0 Å². The van der Waals surface area contributed by atoms with Crippen LogP contribution in [0.5, 0.6) is 11.5 Å². The van der Waals surface area contributed by atoms with Crippen molar-refractivity contribution in [2.24, 2.45) is 0 Å². The van der Waals surface area contributed by atoms with Crippen LogP contribution in [0.15, 0.2) is 22.7 Å². The zero-order chi connectivity index (χ0) is 13.4. The van der Waals surface area contributed by atoms with Crippen molar-refractivity contribution in [1.29, 1.82) is 0 Å². The molecule has 0 unspecified atom stereocenters. The molecule has 2 aromatic rings. The van der Waals surface area contributed by atoms with Crippen LogP contribution in [0, 0.1) is 0 Å². The number of fused-ring (bicyclic) bond motifs is 1. The minimum Gasteiger partial charge on any atom is -0.486 e. The van der Waals surface area contributed by atoms with Crippen LogP contribution < -0.4 is 20.9 Å². The number of ether oxygens (including phenoxy) is 2. The third-order valence-electron chi connectivity index (χ3n) is 2.71. The van der Waals surface area contributed by atoms with Gasteiger partial charge in [-0.15, -0.1) is 0 Å². The Morgan fingerprint density at radius 3 is 2.58 bits per heavy atom. The number of benzene rings is 1. The Kier molecular flexibility index (Phi) is 2.90. The number of nitrogen functional groups attached to an aromatic ring is 2. The molecule has 0 atom stereocenters. The predicted octanol–water partition coefficient (Wildman–Crippen LogP) is 1.84. The first-order valence-corrected chi connectivity index (χ1v) is 6.43. The molecule has 7 heteroatoms. The zero-order valence-corrected chi connectivity index (χ0v) is 11.5. The topological polar surface area (TPSA) is 96.3 Å². The molecule has 4 N–H and O–H groups in total. The van der Waals surface area contributed by atoms with Crippen molar-refractivity contribution in [2.75, 3.05) is 24.7 Å². The highest BCUT2D eigenvalue weighted by atomic mass is 79.9. The number of anilines is 2. The summed E-state index contributed by atoms with van der Waals surface area (Å²) in [7, 11) is 0. The molecule has 1 aliphatic heterocycles. The number of nitrogens with two attached hydrogens (primary N) is 2. The molecule has 1 aromatic heterocycles. The lowest BCUT2D eigenvalue weighted by atomic mass is 10.1. The van der Waals surface area contributed by atoms with Crippen LogP contribution in [0.3, 0.4) is 0 Å². The number of halogens is 1. The van der Waals surface area contributed by atoms with E-state index in [4.69, 9.17) is 20.9 Å². The van der Waals surface area contributed by atoms with Crippen molar-refractivity contribution in [3.8, 4) is 22.8 Å². The van der Waals surface area contributed by atoms with E-state index >= 15 is 0 Å². The van der Waals surface area contributed by atoms with Gasteiger partial charge in [0.2, 0.25) is 5.95 Å². The van der Waals surface area contributed by atoms with Crippen LogP contribution >= 0.6 is 15.9 Å². The van der Waals surface area contributed by atoms with Crippen molar-refractivity contribution in [1.82, 2.24) is 9.97 Å². The molecule has 0 bridgehead atoms. The summed E-state index contributed by atoms with van der Waals surface area (Å²) in [4.78, 5) is 8.08. The largest absolute Gasteiger partial charge is 0.486 e. The summed E-state index contributed by atoms with van der Waals surface area (Å²) in [6, 6.07) is 5.56. The van der Waals surface area contributed by atoms with E-state index in [0.29, 0.717) is 34.9 Å². The normalized spacial score (nSPS) is 13.3. The Bertz CT molecular complexity index is 648. The Hall–Kier alpha value is -2.02. The Labute approximate surface area is 117 Å². The lowest BCUT2D eigenvalue weighted by Crippen LogP contribution is -2.15. The molecular formula is C12H11BrN4O2. The van der Waals surface area contributed by atoms with Crippen molar-refractivity contribution in [3.63, 3.8) is 0 Å². The molecule has 6 nitrogen and oxygen atoms in total. The first kappa shape index (κ1) is 12.0. The maximum absolute atomic E-state index is 5.76. The van der Waals surface area contributed by atoms with Crippen LogP contribution in [0.2, 0.25) is 0 Å². The number of aromatic nitrogens is 2. The summed E-state index contributed by atoms with van der Waals surface area (Å²) in [6.07, 6.45) is 0. The van der Waals surface area contributed by atoms with Crippen molar-refractivity contribution >= 4 is 27.7 Å². The van der Waals surface area contributed by atoms with Crippen molar-refractivity contribution in [3.05, 3.63) is 22.7 Å². The maximum Gasteiger partial charge on any atom is 0.222 e. The molecule has 0 spiro atoms. The maximum atomic E-state index is 5.76.